The van der Waals surface area contributed by atoms with Crippen LogP contribution in [0.1, 0.15) is 10.5 Å². The molecule has 0 atom stereocenters. The van der Waals surface area contributed by atoms with E-state index in [2.05, 4.69) is 4.98 Å². The van der Waals surface area contributed by atoms with Gasteiger partial charge >= 0.3 is 0 Å². The third-order valence-electron chi connectivity index (χ3n) is 3.35. The molecule has 2 aromatic rings. The van der Waals surface area contributed by atoms with Crippen LogP contribution in [-0.4, -0.2) is 44.6 Å². The summed E-state index contributed by atoms with van der Waals surface area (Å²) in [5.41, 5.74) is 1.06. The van der Waals surface area contributed by atoms with Crippen molar-refractivity contribution in [1.29, 1.82) is 0 Å². The molecule has 6 heteroatoms. The summed E-state index contributed by atoms with van der Waals surface area (Å²) in [5, 5.41) is 1.37. The molecule has 1 aromatic heterocycles. The van der Waals surface area contributed by atoms with Crippen LogP contribution in [0.25, 0.3) is 10.9 Å². The van der Waals surface area contributed by atoms with Gasteiger partial charge in [-0.2, -0.15) is 0 Å². The fourth-order valence-corrected chi connectivity index (χ4v) is 3.56. The Morgan fingerprint density at radius 3 is 2.70 bits per heavy atom. The highest BCUT2D eigenvalue weighted by molar-refractivity contribution is 7.85. The molecule has 1 aromatic carbocycles. The van der Waals surface area contributed by atoms with Crippen LogP contribution in [0.5, 0.6) is 0 Å². The van der Waals surface area contributed by atoms with Gasteiger partial charge in [-0.3, -0.25) is 9.00 Å². The Balaban J connectivity index is 1.93. The smallest absolute Gasteiger partial charge is 0.272 e. The second-order valence-electron chi connectivity index (χ2n) is 4.65. The maximum atomic E-state index is 12.4. The van der Waals surface area contributed by atoms with Crippen LogP contribution < -0.4 is 0 Å². The first kappa shape index (κ1) is 13.5. The van der Waals surface area contributed by atoms with E-state index in [0.29, 0.717) is 40.8 Å². The molecular weight excluding hydrogens is 296 g/mol. The second-order valence-corrected chi connectivity index (χ2v) is 6.75. The number of amides is 1. The predicted molar refractivity (Wildman–Crippen MR) is 80.5 cm³/mol. The minimum atomic E-state index is -0.801. The van der Waals surface area contributed by atoms with E-state index in [1.165, 1.54) is 0 Å². The zero-order chi connectivity index (χ0) is 14.1. The number of para-hydroxylation sites is 1. The number of hydrogen-bond acceptors (Lipinski definition) is 3. The van der Waals surface area contributed by atoms with Gasteiger partial charge < -0.3 is 4.90 Å². The van der Waals surface area contributed by atoms with Crippen molar-refractivity contribution in [2.45, 2.75) is 0 Å². The first-order valence-electron chi connectivity index (χ1n) is 6.35. The van der Waals surface area contributed by atoms with Crippen LogP contribution in [0.2, 0.25) is 5.02 Å². The number of hydrogen-bond donors (Lipinski definition) is 0. The summed E-state index contributed by atoms with van der Waals surface area (Å²) in [5.74, 6) is 0.925. The second kappa shape index (κ2) is 5.50. The maximum absolute atomic E-state index is 12.4. The van der Waals surface area contributed by atoms with E-state index >= 15 is 0 Å². The first-order chi connectivity index (χ1) is 9.65. The highest BCUT2D eigenvalue weighted by Gasteiger charge is 2.22. The van der Waals surface area contributed by atoms with Gasteiger partial charge in [-0.05, 0) is 12.1 Å². The van der Waals surface area contributed by atoms with E-state index in [1.807, 2.05) is 24.3 Å². The van der Waals surface area contributed by atoms with Gasteiger partial charge in [0.05, 0.1) is 10.5 Å². The van der Waals surface area contributed by atoms with Crippen LogP contribution in [0.15, 0.2) is 30.3 Å². The lowest BCUT2D eigenvalue weighted by Crippen LogP contribution is -2.42. The molecule has 0 radical (unpaired) electrons. The summed E-state index contributed by atoms with van der Waals surface area (Å²) in [4.78, 5) is 18.5. The minimum absolute atomic E-state index is 0.144. The number of halogens is 1. The quantitative estimate of drug-likeness (QED) is 0.810. The molecule has 1 aliphatic rings. The highest BCUT2D eigenvalue weighted by atomic mass is 35.5. The summed E-state index contributed by atoms with van der Waals surface area (Å²) in [6.07, 6.45) is 0. The molecule has 0 N–H and O–H groups in total. The Bertz CT molecular complexity index is 695. The van der Waals surface area contributed by atoms with Crippen LogP contribution in [0, 0.1) is 0 Å². The number of rotatable bonds is 1. The molecule has 2 heterocycles. The Hall–Kier alpha value is -1.46. The number of benzene rings is 1. The topological polar surface area (TPSA) is 50.3 Å². The van der Waals surface area contributed by atoms with Gasteiger partial charge in [0.2, 0.25) is 0 Å². The largest absolute Gasteiger partial charge is 0.335 e. The van der Waals surface area contributed by atoms with Gasteiger partial charge in [0.15, 0.2) is 0 Å². The monoisotopic (exact) mass is 308 g/mol. The Morgan fingerprint density at radius 2 is 1.95 bits per heavy atom. The van der Waals surface area contributed by atoms with E-state index in [4.69, 9.17) is 11.6 Å². The normalized spacial score (nSPS) is 16.6. The average Bonchev–Trinajstić information content (AvgIpc) is 2.47. The summed E-state index contributed by atoms with van der Waals surface area (Å²) in [7, 11) is -0.801. The van der Waals surface area contributed by atoms with Gasteiger partial charge in [-0.25, -0.2) is 4.98 Å². The summed E-state index contributed by atoms with van der Waals surface area (Å²) >= 11 is 6.21. The molecule has 0 bridgehead atoms. The van der Waals surface area contributed by atoms with Crippen LogP contribution in [0.4, 0.5) is 0 Å². The van der Waals surface area contributed by atoms with E-state index in [-0.39, 0.29) is 5.91 Å². The average molecular weight is 309 g/mol. The van der Waals surface area contributed by atoms with E-state index in [9.17, 15) is 9.00 Å². The van der Waals surface area contributed by atoms with Crippen molar-refractivity contribution in [2.24, 2.45) is 0 Å². The van der Waals surface area contributed by atoms with Crippen LogP contribution in [-0.2, 0) is 10.8 Å². The van der Waals surface area contributed by atoms with Gasteiger partial charge in [-0.1, -0.05) is 29.8 Å². The molecule has 1 saturated heterocycles. The third kappa shape index (κ3) is 2.55. The molecule has 4 nitrogen and oxygen atoms in total. The van der Waals surface area contributed by atoms with Crippen molar-refractivity contribution in [3.63, 3.8) is 0 Å². The van der Waals surface area contributed by atoms with Crippen LogP contribution >= 0.6 is 11.6 Å². The fraction of sp³-hybridized carbons (Fsp3) is 0.286. The number of fused-ring (bicyclic) bond motifs is 1. The molecular formula is C14H13ClN2O2S. The SMILES string of the molecule is O=C(c1cc(Cl)c2ccccc2n1)N1CCS(=O)CC1. The molecule has 104 valence electrons. The number of aromatic nitrogens is 1. The first-order valence-corrected chi connectivity index (χ1v) is 8.21. The Morgan fingerprint density at radius 1 is 1.25 bits per heavy atom. The summed E-state index contributed by atoms with van der Waals surface area (Å²) in [6, 6.07) is 9.07. The molecule has 1 aliphatic heterocycles. The molecule has 1 amide bonds. The Labute approximate surface area is 124 Å². The minimum Gasteiger partial charge on any atom is -0.335 e. The third-order valence-corrected chi connectivity index (χ3v) is 4.94. The van der Waals surface area contributed by atoms with Crippen molar-refractivity contribution in [3.8, 4) is 0 Å². The fourth-order valence-electron chi connectivity index (χ4n) is 2.25. The summed E-state index contributed by atoms with van der Waals surface area (Å²) < 4.78 is 11.3. The molecule has 3 rings (SSSR count). The van der Waals surface area contributed by atoms with Crippen molar-refractivity contribution < 1.29 is 9.00 Å². The van der Waals surface area contributed by atoms with E-state index in [1.54, 1.807) is 11.0 Å². The maximum Gasteiger partial charge on any atom is 0.272 e. The molecule has 20 heavy (non-hydrogen) atoms. The number of pyridine rings is 1. The molecule has 0 unspecified atom stereocenters. The summed E-state index contributed by atoms with van der Waals surface area (Å²) in [6.45, 7) is 1.02. The van der Waals surface area contributed by atoms with Crippen molar-refractivity contribution in [3.05, 3.63) is 41.0 Å². The van der Waals surface area contributed by atoms with Crippen molar-refractivity contribution >= 4 is 39.2 Å². The standard InChI is InChI=1S/C14H13ClN2O2S/c15-11-9-13(16-12-4-2-1-3-10(11)12)14(18)17-5-7-20(19)8-6-17/h1-4,9H,5-8H2. The number of carbonyl (C=O) groups excluding carboxylic acids is 1. The molecule has 1 fully saturated rings. The van der Waals surface area contributed by atoms with Gasteiger partial charge in [-0.15, -0.1) is 0 Å². The zero-order valence-corrected chi connectivity index (χ0v) is 12.3. The molecule has 0 aliphatic carbocycles. The van der Waals surface area contributed by atoms with Gasteiger partial charge in [0.1, 0.15) is 5.69 Å². The highest BCUT2D eigenvalue weighted by Crippen LogP contribution is 2.23. The number of nitrogens with zero attached hydrogens (tertiary/aromatic N) is 2. The van der Waals surface area contributed by atoms with E-state index < -0.39 is 10.8 Å². The van der Waals surface area contributed by atoms with Gasteiger partial charge in [0.25, 0.3) is 5.91 Å². The molecule has 0 saturated carbocycles. The van der Waals surface area contributed by atoms with Crippen molar-refractivity contribution in [1.82, 2.24) is 9.88 Å². The van der Waals surface area contributed by atoms with Crippen molar-refractivity contribution in [2.75, 3.05) is 24.6 Å². The van der Waals surface area contributed by atoms with Crippen LogP contribution in [0.3, 0.4) is 0 Å². The predicted octanol–water partition coefficient (Wildman–Crippen LogP) is 2.09. The zero-order valence-electron chi connectivity index (χ0n) is 10.7. The lowest BCUT2D eigenvalue weighted by Gasteiger charge is -2.26. The molecule has 0 spiro atoms. The van der Waals surface area contributed by atoms with Gasteiger partial charge in [0, 0.05) is 40.8 Å². The number of carbonyl (C=O) groups is 1. The Kier molecular flexibility index (Phi) is 3.72. The lowest BCUT2D eigenvalue weighted by atomic mass is 10.2. The lowest BCUT2D eigenvalue weighted by molar-refractivity contribution is 0.0766. The van der Waals surface area contributed by atoms with E-state index in [0.717, 1.165) is 5.39 Å².